The molecule has 1 aromatic rings. The highest BCUT2D eigenvalue weighted by atomic mass is 32.2. The van der Waals surface area contributed by atoms with Crippen LogP contribution in [-0.2, 0) is 10.0 Å². The molecular weight excluding hydrogens is 219 g/mol. The van der Waals surface area contributed by atoms with Crippen LogP contribution in [0.5, 0.6) is 0 Å². The lowest BCUT2D eigenvalue weighted by molar-refractivity contribution is 0.496. The summed E-state index contributed by atoms with van der Waals surface area (Å²) >= 11 is 0. The number of anilines is 1. The third kappa shape index (κ3) is 2.63. The minimum absolute atomic E-state index is 0.267. The van der Waals surface area contributed by atoms with Gasteiger partial charge in [0.1, 0.15) is 5.82 Å². The number of hydrogen-bond donors (Lipinski definition) is 1. The van der Waals surface area contributed by atoms with Crippen molar-refractivity contribution in [2.24, 2.45) is 0 Å². The van der Waals surface area contributed by atoms with E-state index in [1.54, 1.807) is 4.72 Å². The number of halogens is 3. The Morgan fingerprint density at radius 1 is 1.07 bits per heavy atom. The van der Waals surface area contributed by atoms with Crippen LogP contribution in [0.2, 0.25) is 0 Å². The third-order valence-electron chi connectivity index (χ3n) is 1.31. The van der Waals surface area contributed by atoms with Crippen molar-refractivity contribution in [2.75, 3.05) is 11.0 Å². The van der Waals surface area contributed by atoms with Crippen molar-refractivity contribution in [1.29, 1.82) is 0 Å². The van der Waals surface area contributed by atoms with Crippen molar-refractivity contribution in [3.05, 3.63) is 29.6 Å². The van der Waals surface area contributed by atoms with Crippen LogP contribution in [0.3, 0.4) is 0 Å². The maximum absolute atomic E-state index is 12.8. The summed E-state index contributed by atoms with van der Waals surface area (Å²) in [4.78, 5) is 0. The first-order valence-corrected chi connectivity index (χ1v) is 5.31. The Hall–Kier alpha value is -1.24. The number of nitrogens with one attached hydrogen (secondary N) is 1. The van der Waals surface area contributed by atoms with Crippen LogP contribution in [0.15, 0.2) is 12.1 Å². The topological polar surface area (TPSA) is 46.2 Å². The molecular formula is C7H6F3NO2S. The Morgan fingerprint density at radius 3 is 2.07 bits per heavy atom. The summed E-state index contributed by atoms with van der Waals surface area (Å²) in [5.74, 6) is -3.87. The van der Waals surface area contributed by atoms with E-state index in [9.17, 15) is 21.6 Å². The summed E-state index contributed by atoms with van der Waals surface area (Å²) < 4.78 is 60.8. The van der Waals surface area contributed by atoms with Crippen LogP contribution < -0.4 is 4.72 Å². The zero-order valence-electron chi connectivity index (χ0n) is 7.01. The van der Waals surface area contributed by atoms with Gasteiger partial charge in [-0.1, -0.05) is 0 Å². The number of benzene rings is 1. The predicted octanol–water partition coefficient (Wildman–Crippen LogP) is 1.48. The standard InChI is InChI=1S/C7H6F3NO2S/c1-14(12,13)11-7-3-5(9)4(8)2-6(7)10/h2-3,11H,1H3. The molecule has 14 heavy (non-hydrogen) atoms. The number of sulfonamides is 1. The molecule has 1 N–H and O–H groups in total. The molecule has 0 heterocycles. The fourth-order valence-corrected chi connectivity index (χ4v) is 1.36. The van der Waals surface area contributed by atoms with Gasteiger partial charge >= 0.3 is 0 Å². The molecule has 1 aromatic carbocycles. The highest BCUT2D eigenvalue weighted by molar-refractivity contribution is 7.92. The van der Waals surface area contributed by atoms with E-state index in [0.717, 1.165) is 6.26 Å². The number of rotatable bonds is 2. The van der Waals surface area contributed by atoms with Gasteiger partial charge in [0.25, 0.3) is 0 Å². The predicted molar refractivity (Wildman–Crippen MR) is 44.8 cm³/mol. The minimum atomic E-state index is -3.71. The SMILES string of the molecule is CS(=O)(=O)Nc1cc(F)c(F)cc1F. The molecule has 0 fully saturated rings. The van der Waals surface area contributed by atoms with Gasteiger partial charge in [0, 0.05) is 12.1 Å². The van der Waals surface area contributed by atoms with Gasteiger partial charge in [-0.25, -0.2) is 21.6 Å². The largest absolute Gasteiger partial charge is 0.281 e. The second-order valence-corrected chi connectivity index (χ2v) is 4.37. The highest BCUT2D eigenvalue weighted by Crippen LogP contribution is 2.18. The summed E-state index contributed by atoms with van der Waals surface area (Å²) in [6.45, 7) is 0. The molecule has 0 spiro atoms. The molecule has 0 saturated heterocycles. The van der Waals surface area contributed by atoms with E-state index in [2.05, 4.69) is 0 Å². The smallest absolute Gasteiger partial charge is 0.229 e. The molecule has 0 aliphatic carbocycles. The Labute approximate surface area is 78.6 Å². The van der Waals surface area contributed by atoms with E-state index < -0.39 is 33.2 Å². The first-order chi connectivity index (χ1) is 6.29. The van der Waals surface area contributed by atoms with E-state index in [0.29, 0.717) is 6.07 Å². The second-order valence-electron chi connectivity index (χ2n) is 2.62. The second kappa shape index (κ2) is 3.49. The monoisotopic (exact) mass is 225 g/mol. The molecule has 78 valence electrons. The Bertz CT molecular complexity index is 458. The average molecular weight is 225 g/mol. The summed E-state index contributed by atoms with van der Waals surface area (Å²) in [6.07, 6.45) is 0.772. The van der Waals surface area contributed by atoms with Gasteiger partial charge in [0.15, 0.2) is 11.6 Å². The molecule has 0 atom stereocenters. The summed E-state index contributed by atoms with van der Waals surface area (Å²) in [5, 5.41) is 0. The lowest BCUT2D eigenvalue weighted by Gasteiger charge is -2.05. The molecule has 0 aliphatic heterocycles. The maximum Gasteiger partial charge on any atom is 0.229 e. The summed E-state index contributed by atoms with van der Waals surface area (Å²) in [6, 6.07) is 0.703. The Balaban J connectivity index is 3.17. The van der Waals surface area contributed by atoms with Gasteiger partial charge in [0.2, 0.25) is 10.0 Å². The quantitative estimate of drug-likeness (QED) is 0.775. The van der Waals surface area contributed by atoms with Gasteiger partial charge in [-0.2, -0.15) is 0 Å². The molecule has 0 radical (unpaired) electrons. The number of hydrogen-bond acceptors (Lipinski definition) is 2. The van der Waals surface area contributed by atoms with Crippen molar-refractivity contribution in [2.45, 2.75) is 0 Å². The van der Waals surface area contributed by atoms with Crippen molar-refractivity contribution < 1.29 is 21.6 Å². The first-order valence-electron chi connectivity index (χ1n) is 3.42. The van der Waals surface area contributed by atoms with Crippen LogP contribution >= 0.6 is 0 Å². The van der Waals surface area contributed by atoms with Crippen LogP contribution in [-0.4, -0.2) is 14.7 Å². The van der Waals surface area contributed by atoms with Crippen LogP contribution in [0, 0.1) is 17.5 Å². The molecule has 7 heteroatoms. The van der Waals surface area contributed by atoms with E-state index in [1.807, 2.05) is 0 Å². The van der Waals surface area contributed by atoms with E-state index in [-0.39, 0.29) is 6.07 Å². The Morgan fingerprint density at radius 2 is 1.57 bits per heavy atom. The molecule has 3 nitrogen and oxygen atoms in total. The van der Waals surface area contributed by atoms with E-state index in [4.69, 9.17) is 0 Å². The molecule has 0 amide bonds. The normalized spacial score (nSPS) is 11.4. The van der Waals surface area contributed by atoms with Gasteiger partial charge in [-0.3, -0.25) is 4.72 Å². The highest BCUT2D eigenvalue weighted by Gasteiger charge is 2.12. The molecule has 0 saturated carbocycles. The zero-order chi connectivity index (χ0) is 10.9. The van der Waals surface area contributed by atoms with Crippen molar-refractivity contribution >= 4 is 15.7 Å². The first kappa shape index (κ1) is 10.8. The Kier molecular flexibility index (Phi) is 2.70. The minimum Gasteiger partial charge on any atom is -0.281 e. The van der Waals surface area contributed by atoms with E-state index >= 15 is 0 Å². The fourth-order valence-electron chi connectivity index (χ4n) is 0.801. The molecule has 0 aliphatic rings. The summed E-state index contributed by atoms with van der Waals surface area (Å²) in [5.41, 5.74) is -0.619. The van der Waals surface area contributed by atoms with Crippen molar-refractivity contribution in [3.63, 3.8) is 0 Å². The van der Waals surface area contributed by atoms with E-state index in [1.165, 1.54) is 0 Å². The molecule has 1 rings (SSSR count). The maximum atomic E-state index is 12.8. The van der Waals surface area contributed by atoms with Crippen molar-refractivity contribution in [1.82, 2.24) is 0 Å². The van der Waals surface area contributed by atoms with Gasteiger partial charge < -0.3 is 0 Å². The van der Waals surface area contributed by atoms with Crippen LogP contribution in [0.25, 0.3) is 0 Å². The fraction of sp³-hybridized carbons (Fsp3) is 0.143. The van der Waals surface area contributed by atoms with Gasteiger partial charge in [-0.05, 0) is 0 Å². The zero-order valence-corrected chi connectivity index (χ0v) is 7.83. The molecule has 0 bridgehead atoms. The van der Waals surface area contributed by atoms with Crippen molar-refractivity contribution in [3.8, 4) is 0 Å². The third-order valence-corrected chi connectivity index (χ3v) is 1.90. The van der Waals surface area contributed by atoms with Gasteiger partial charge in [-0.15, -0.1) is 0 Å². The van der Waals surface area contributed by atoms with Crippen LogP contribution in [0.4, 0.5) is 18.9 Å². The molecule has 0 unspecified atom stereocenters. The molecule has 0 aromatic heterocycles. The lowest BCUT2D eigenvalue weighted by atomic mass is 10.3. The average Bonchev–Trinajstić information content (AvgIpc) is 1.97. The van der Waals surface area contributed by atoms with Gasteiger partial charge in [0.05, 0.1) is 11.9 Å². The summed E-state index contributed by atoms with van der Waals surface area (Å²) in [7, 11) is -3.71. The lowest BCUT2D eigenvalue weighted by Crippen LogP contribution is -2.11. The van der Waals surface area contributed by atoms with Crippen LogP contribution in [0.1, 0.15) is 0 Å².